The molecular weight excluding hydrogens is 719 g/mol. The molecule has 10 heteroatoms. The normalized spacial score (nSPS) is 29.0. The number of aliphatic imine (C=N–C) groups is 1. The SMILES string of the molecule is COC(=O)C(C)=CCC1(O)C(=O)C2CC(C(C)C)C13Oc1c(CC=C(C)C)c4c(c(OC)c1C1=Nc5nc6ccccc6n5C2C13)C=CC(C)(CCC=C(C)C)O4. The van der Waals surface area contributed by atoms with E-state index in [0.29, 0.717) is 52.9 Å². The van der Waals surface area contributed by atoms with Crippen LogP contribution in [0, 0.1) is 23.7 Å². The van der Waals surface area contributed by atoms with Gasteiger partial charge in [0.25, 0.3) is 0 Å². The standard InChI is InChI=1S/C47H55N3O7/c1-25(2)14-13-21-45(8)22-20-30-39(56-45)29(18-17-26(3)4)41-35(40(30)54-9)37-36-38(50-34-16-12-11-15-33(34)48-44(50)49-37)31-24-32(27(5)6)47(36,57-41)46(53,42(31)51)23-19-28(7)43(52)55-10/h11-12,14-17,19-20,22,27,31-32,36,38,53H,13,18,21,23-24H2,1-10H3. The molecule has 0 amide bonds. The molecule has 2 aromatic carbocycles. The van der Waals surface area contributed by atoms with Crippen LogP contribution >= 0.6 is 0 Å². The van der Waals surface area contributed by atoms with Crippen LogP contribution in [-0.2, 0) is 20.7 Å². The van der Waals surface area contributed by atoms with Gasteiger partial charge in [-0.2, -0.15) is 0 Å². The van der Waals surface area contributed by atoms with Crippen molar-refractivity contribution in [2.45, 2.75) is 110 Å². The van der Waals surface area contributed by atoms with E-state index in [4.69, 9.17) is 28.9 Å². The van der Waals surface area contributed by atoms with Crippen molar-refractivity contribution in [3.63, 3.8) is 0 Å². The Morgan fingerprint density at radius 3 is 2.47 bits per heavy atom. The van der Waals surface area contributed by atoms with Gasteiger partial charge in [-0.15, -0.1) is 0 Å². The number of methoxy groups -OCH3 is 2. The second kappa shape index (κ2) is 13.9. The monoisotopic (exact) mass is 773 g/mol. The number of esters is 1. The summed E-state index contributed by atoms with van der Waals surface area (Å²) < 4.78 is 28.4. The molecule has 1 N–H and O–H groups in total. The van der Waals surface area contributed by atoms with E-state index in [1.54, 1.807) is 20.1 Å². The molecule has 7 atom stereocenters. The van der Waals surface area contributed by atoms with E-state index in [0.717, 1.165) is 40.6 Å². The van der Waals surface area contributed by atoms with Crippen LogP contribution in [0.2, 0.25) is 0 Å². The molecule has 0 saturated heterocycles. The van der Waals surface area contributed by atoms with Crippen molar-refractivity contribution in [1.29, 1.82) is 0 Å². The zero-order valence-electron chi connectivity index (χ0n) is 34.9. The number of ether oxygens (including phenoxy) is 4. The third-order valence-electron chi connectivity index (χ3n) is 13.1. The van der Waals surface area contributed by atoms with Crippen LogP contribution in [0.25, 0.3) is 17.1 Å². The third-order valence-corrected chi connectivity index (χ3v) is 13.1. The van der Waals surface area contributed by atoms with Crippen molar-refractivity contribution in [2.75, 3.05) is 14.2 Å². The molecule has 9 rings (SSSR count). The second-order valence-electron chi connectivity index (χ2n) is 17.6. The van der Waals surface area contributed by atoms with Gasteiger partial charge in [-0.3, -0.25) is 4.79 Å². The number of fused-ring (bicyclic) bond motifs is 8. The first-order chi connectivity index (χ1) is 27.1. The van der Waals surface area contributed by atoms with Crippen molar-refractivity contribution in [1.82, 2.24) is 9.55 Å². The average molecular weight is 774 g/mol. The molecule has 3 aliphatic heterocycles. The number of hydrogen-bond acceptors (Lipinski definition) is 9. The molecule has 3 saturated carbocycles. The number of benzene rings is 2. The first kappa shape index (κ1) is 38.9. The molecule has 3 fully saturated rings. The van der Waals surface area contributed by atoms with Crippen LogP contribution < -0.4 is 14.2 Å². The lowest BCUT2D eigenvalue weighted by atomic mass is 9.43. The fourth-order valence-corrected chi connectivity index (χ4v) is 10.5. The largest absolute Gasteiger partial charge is 0.495 e. The van der Waals surface area contributed by atoms with Crippen LogP contribution in [0.5, 0.6) is 17.2 Å². The Bertz CT molecular complexity index is 2350. The van der Waals surface area contributed by atoms with Crippen LogP contribution in [0.3, 0.4) is 0 Å². The highest BCUT2D eigenvalue weighted by Gasteiger charge is 2.79. The number of imidazole rings is 1. The average Bonchev–Trinajstić information content (AvgIpc) is 3.55. The summed E-state index contributed by atoms with van der Waals surface area (Å²) in [7, 11) is 2.98. The van der Waals surface area contributed by atoms with Crippen molar-refractivity contribution < 1.29 is 33.6 Å². The van der Waals surface area contributed by atoms with Gasteiger partial charge in [-0.05, 0) is 97.4 Å². The molecule has 300 valence electrons. The molecule has 2 bridgehead atoms. The molecule has 3 aromatic rings. The minimum absolute atomic E-state index is 0.000735. The third kappa shape index (κ3) is 5.68. The van der Waals surface area contributed by atoms with Gasteiger partial charge in [-0.1, -0.05) is 55.4 Å². The Labute approximate surface area is 335 Å². The zero-order chi connectivity index (χ0) is 40.8. The fraction of sp³-hybridized carbons (Fsp3) is 0.489. The lowest BCUT2D eigenvalue weighted by Crippen LogP contribution is -2.82. The minimum Gasteiger partial charge on any atom is -0.495 e. The van der Waals surface area contributed by atoms with Gasteiger partial charge in [0.15, 0.2) is 17.0 Å². The van der Waals surface area contributed by atoms with Crippen molar-refractivity contribution in [3.8, 4) is 17.2 Å². The summed E-state index contributed by atoms with van der Waals surface area (Å²) in [4.78, 5) is 38.5. The number of rotatable bonds is 10. The van der Waals surface area contributed by atoms with Crippen molar-refractivity contribution >= 4 is 40.5 Å². The number of Topliss-reactive ketones (excluding diaryl/α,β-unsaturated/α-hetero) is 1. The van der Waals surface area contributed by atoms with Crippen molar-refractivity contribution in [2.24, 2.45) is 28.7 Å². The van der Waals surface area contributed by atoms with Gasteiger partial charge >= 0.3 is 5.97 Å². The van der Waals surface area contributed by atoms with Crippen molar-refractivity contribution in [3.05, 3.63) is 82.0 Å². The second-order valence-corrected chi connectivity index (χ2v) is 17.6. The molecule has 1 spiro atoms. The van der Waals surface area contributed by atoms with Gasteiger partial charge < -0.3 is 28.6 Å². The number of allylic oxidation sites excluding steroid dienone is 4. The lowest BCUT2D eigenvalue weighted by molar-refractivity contribution is -0.246. The molecule has 7 unspecified atom stereocenters. The molecule has 6 aliphatic rings. The van der Waals surface area contributed by atoms with E-state index in [9.17, 15) is 9.90 Å². The van der Waals surface area contributed by atoms with E-state index < -0.39 is 40.7 Å². The summed E-state index contributed by atoms with van der Waals surface area (Å²) in [5, 5.41) is 13.5. The number of aliphatic hydroxyl groups is 1. The molecule has 4 heterocycles. The van der Waals surface area contributed by atoms with Crippen LogP contribution in [-0.4, -0.2) is 63.1 Å². The first-order valence-corrected chi connectivity index (χ1v) is 20.3. The van der Waals surface area contributed by atoms with E-state index in [2.05, 4.69) is 77.3 Å². The quantitative estimate of drug-likeness (QED) is 0.123. The molecule has 57 heavy (non-hydrogen) atoms. The number of para-hydroxylation sites is 2. The Balaban J connectivity index is 1.47. The van der Waals surface area contributed by atoms with Gasteiger partial charge in [0.2, 0.25) is 5.95 Å². The van der Waals surface area contributed by atoms with E-state index in [1.165, 1.54) is 12.7 Å². The molecule has 0 radical (unpaired) electrons. The Hall–Kier alpha value is -4.96. The lowest BCUT2D eigenvalue weighted by Gasteiger charge is -2.68. The molecule has 10 nitrogen and oxygen atoms in total. The van der Waals surface area contributed by atoms with E-state index >= 15 is 4.79 Å². The van der Waals surface area contributed by atoms with Crippen LogP contribution in [0.15, 0.2) is 70.3 Å². The molecule has 1 aromatic heterocycles. The number of hydrogen-bond donors (Lipinski definition) is 1. The highest BCUT2D eigenvalue weighted by Crippen LogP contribution is 2.69. The highest BCUT2D eigenvalue weighted by molar-refractivity contribution is 6.14. The number of nitrogens with zero attached hydrogens (tertiary/aromatic N) is 3. The Morgan fingerprint density at radius 1 is 1.05 bits per heavy atom. The number of aromatic nitrogens is 2. The van der Waals surface area contributed by atoms with Crippen LogP contribution in [0.1, 0.15) is 104 Å². The number of carbonyl (C=O) groups excluding carboxylic acids is 2. The summed E-state index contributed by atoms with van der Waals surface area (Å²) >= 11 is 0. The minimum atomic E-state index is -2.04. The number of carbonyl (C=O) groups is 2. The predicted molar refractivity (Wildman–Crippen MR) is 221 cm³/mol. The summed E-state index contributed by atoms with van der Waals surface area (Å²) in [5.74, 6) is -0.0483. The maximum absolute atomic E-state index is 15.3. The zero-order valence-corrected chi connectivity index (χ0v) is 34.9. The Kier molecular flexibility index (Phi) is 9.45. The van der Waals surface area contributed by atoms with Gasteiger partial charge in [0.05, 0.1) is 54.1 Å². The maximum Gasteiger partial charge on any atom is 0.333 e. The molecular formula is C47H55N3O7. The summed E-state index contributed by atoms with van der Waals surface area (Å²) in [6, 6.07) is 7.46. The molecule has 3 aliphatic carbocycles. The van der Waals surface area contributed by atoms with Gasteiger partial charge in [0, 0.05) is 29.4 Å². The smallest absolute Gasteiger partial charge is 0.333 e. The Morgan fingerprint density at radius 2 is 1.79 bits per heavy atom. The van der Waals surface area contributed by atoms with E-state index in [-0.39, 0.29) is 24.0 Å². The van der Waals surface area contributed by atoms with E-state index in [1.807, 2.05) is 24.3 Å². The predicted octanol–water partition coefficient (Wildman–Crippen LogP) is 9.00. The number of ketones is 1. The first-order valence-electron chi connectivity index (χ1n) is 20.3. The highest BCUT2D eigenvalue weighted by atomic mass is 16.5. The fourth-order valence-electron chi connectivity index (χ4n) is 10.5. The summed E-state index contributed by atoms with van der Waals surface area (Å²) in [6.45, 7) is 16.3. The van der Waals surface area contributed by atoms with Gasteiger partial charge in [-0.25, -0.2) is 14.8 Å². The maximum atomic E-state index is 15.3. The summed E-state index contributed by atoms with van der Waals surface area (Å²) in [6.07, 6.45) is 12.7. The topological polar surface area (TPSA) is 121 Å². The van der Waals surface area contributed by atoms with Gasteiger partial charge in [0.1, 0.15) is 22.8 Å². The van der Waals surface area contributed by atoms with Crippen LogP contribution in [0.4, 0.5) is 5.95 Å². The summed E-state index contributed by atoms with van der Waals surface area (Å²) in [5.41, 5.74) is 3.14.